The van der Waals surface area contributed by atoms with Crippen molar-refractivity contribution in [3.8, 4) is 0 Å². The average Bonchev–Trinajstić information content (AvgIpc) is 2.65. The second-order valence-corrected chi connectivity index (χ2v) is 6.53. The van der Waals surface area contributed by atoms with Crippen molar-refractivity contribution < 1.29 is 19.1 Å². The monoisotopic (exact) mass is 392 g/mol. The van der Waals surface area contributed by atoms with Gasteiger partial charge < -0.3 is 15.4 Å². The average molecular weight is 393 g/mol. The Morgan fingerprint density at radius 3 is 2.62 bits per heavy atom. The Kier molecular flexibility index (Phi) is 7.50. The topological polar surface area (TPSA) is 84.5 Å². The van der Waals surface area contributed by atoms with Gasteiger partial charge in [0.15, 0.2) is 0 Å². The molecule has 0 radical (unpaired) electrons. The van der Waals surface area contributed by atoms with Gasteiger partial charge in [-0.2, -0.15) is 0 Å². The van der Waals surface area contributed by atoms with Crippen molar-refractivity contribution in [3.63, 3.8) is 0 Å². The van der Waals surface area contributed by atoms with Gasteiger partial charge in [-0.25, -0.2) is 0 Å². The number of hydrogen-bond acceptors (Lipinski definition) is 5. The first-order valence-corrected chi connectivity index (χ1v) is 8.98. The van der Waals surface area contributed by atoms with Crippen molar-refractivity contribution >= 4 is 46.8 Å². The Morgan fingerprint density at radius 1 is 1.12 bits per heavy atom. The number of methoxy groups -OCH3 is 1. The zero-order chi connectivity index (χ0) is 18.9. The van der Waals surface area contributed by atoms with Crippen LogP contribution >= 0.6 is 23.4 Å². The van der Waals surface area contributed by atoms with Gasteiger partial charge in [0.2, 0.25) is 5.91 Å². The van der Waals surface area contributed by atoms with Gasteiger partial charge >= 0.3 is 5.97 Å². The number of anilines is 1. The van der Waals surface area contributed by atoms with Crippen LogP contribution in [0.4, 0.5) is 5.69 Å². The minimum atomic E-state index is -0.542. The summed E-state index contributed by atoms with van der Waals surface area (Å²) in [4.78, 5) is 36.0. The summed E-state index contributed by atoms with van der Waals surface area (Å²) >= 11 is 7.38. The summed E-state index contributed by atoms with van der Waals surface area (Å²) in [5, 5.41) is 5.76. The van der Waals surface area contributed by atoms with Crippen molar-refractivity contribution in [2.45, 2.75) is 4.90 Å². The Balaban J connectivity index is 1.91. The second kappa shape index (κ2) is 9.84. The summed E-state index contributed by atoms with van der Waals surface area (Å²) in [7, 11) is 1.24. The molecular formula is C18H17ClN2O4S. The van der Waals surface area contributed by atoms with Crippen LogP contribution in [-0.4, -0.2) is 37.2 Å². The zero-order valence-corrected chi connectivity index (χ0v) is 15.5. The van der Waals surface area contributed by atoms with Crippen LogP contribution in [0, 0.1) is 0 Å². The summed E-state index contributed by atoms with van der Waals surface area (Å²) in [6.07, 6.45) is 0. The molecule has 0 aromatic heterocycles. The summed E-state index contributed by atoms with van der Waals surface area (Å²) in [5.41, 5.74) is 0.811. The predicted molar refractivity (Wildman–Crippen MR) is 102 cm³/mol. The van der Waals surface area contributed by atoms with Crippen LogP contribution in [-0.2, 0) is 14.3 Å². The summed E-state index contributed by atoms with van der Waals surface area (Å²) in [5.74, 6) is -1.01. The molecule has 2 N–H and O–H groups in total. The molecule has 0 unspecified atom stereocenters. The quantitative estimate of drug-likeness (QED) is 0.559. The third kappa shape index (κ3) is 6.09. The van der Waals surface area contributed by atoms with Crippen molar-refractivity contribution in [1.29, 1.82) is 0 Å². The van der Waals surface area contributed by atoms with E-state index in [9.17, 15) is 14.4 Å². The number of esters is 1. The highest BCUT2D eigenvalue weighted by Crippen LogP contribution is 2.26. The first kappa shape index (κ1) is 19.8. The van der Waals surface area contributed by atoms with Gasteiger partial charge in [-0.3, -0.25) is 14.4 Å². The van der Waals surface area contributed by atoms with Gasteiger partial charge in [0.25, 0.3) is 5.91 Å². The molecule has 0 spiro atoms. The highest BCUT2D eigenvalue weighted by Gasteiger charge is 2.10. The van der Waals surface area contributed by atoms with E-state index in [0.29, 0.717) is 16.3 Å². The van der Waals surface area contributed by atoms with Crippen LogP contribution < -0.4 is 10.6 Å². The maximum atomic E-state index is 12.1. The maximum Gasteiger partial charge on any atom is 0.325 e. The van der Waals surface area contributed by atoms with Crippen molar-refractivity contribution in [1.82, 2.24) is 5.32 Å². The number of nitrogens with one attached hydrogen (secondary N) is 2. The fourth-order valence-electron chi connectivity index (χ4n) is 1.97. The fourth-order valence-corrected chi connectivity index (χ4v) is 3.01. The molecule has 2 aromatic rings. The molecule has 6 nitrogen and oxygen atoms in total. The van der Waals surface area contributed by atoms with E-state index in [4.69, 9.17) is 11.6 Å². The van der Waals surface area contributed by atoms with E-state index in [1.807, 2.05) is 18.2 Å². The standard InChI is InChI=1S/C18H17ClN2O4S/c1-25-17(23)10-20-18(24)12-5-4-6-13(9-12)21-16(22)11-26-15-8-3-2-7-14(15)19/h2-9H,10-11H2,1H3,(H,20,24)(H,21,22). The van der Waals surface area contributed by atoms with E-state index in [2.05, 4.69) is 15.4 Å². The third-order valence-corrected chi connectivity index (χ3v) is 4.74. The number of carbonyl (C=O) groups excluding carboxylic acids is 3. The Morgan fingerprint density at radius 2 is 1.88 bits per heavy atom. The minimum absolute atomic E-state index is 0.183. The van der Waals surface area contributed by atoms with Crippen LogP contribution in [0.25, 0.3) is 0 Å². The largest absolute Gasteiger partial charge is 0.468 e. The van der Waals surface area contributed by atoms with Crippen LogP contribution in [0.2, 0.25) is 5.02 Å². The lowest BCUT2D eigenvalue weighted by Gasteiger charge is -2.08. The second-order valence-electron chi connectivity index (χ2n) is 5.11. The fraction of sp³-hybridized carbons (Fsp3) is 0.167. The van der Waals surface area contributed by atoms with Gasteiger partial charge in [0.05, 0.1) is 17.9 Å². The molecular weight excluding hydrogens is 376 g/mol. The minimum Gasteiger partial charge on any atom is -0.468 e. The van der Waals surface area contributed by atoms with E-state index in [1.54, 1.807) is 24.3 Å². The van der Waals surface area contributed by atoms with Gasteiger partial charge in [-0.15, -0.1) is 11.8 Å². The first-order chi connectivity index (χ1) is 12.5. The number of rotatable bonds is 7. The normalized spacial score (nSPS) is 10.1. The summed E-state index contributed by atoms with van der Waals surface area (Å²) < 4.78 is 4.46. The van der Waals surface area contributed by atoms with E-state index < -0.39 is 11.9 Å². The van der Waals surface area contributed by atoms with Gasteiger partial charge in [0, 0.05) is 16.1 Å². The van der Waals surface area contributed by atoms with Gasteiger partial charge in [0.1, 0.15) is 6.54 Å². The Bertz CT molecular complexity index is 813. The summed E-state index contributed by atoms with van der Waals surface area (Å²) in [6.45, 7) is -0.222. The molecule has 136 valence electrons. The highest BCUT2D eigenvalue weighted by atomic mass is 35.5. The van der Waals surface area contributed by atoms with Crippen LogP contribution in [0.15, 0.2) is 53.4 Å². The van der Waals surface area contributed by atoms with Crippen molar-refractivity contribution in [2.24, 2.45) is 0 Å². The van der Waals surface area contributed by atoms with E-state index in [-0.39, 0.29) is 18.2 Å². The molecule has 0 fully saturated rings. The molecule has 0 atom stereocenters. The molecule has 0 heterocycles. The molecule has 2 rings (SSSR count). The Hall–Kier alpha value is -2.51. The van der Waals surface area contributed by atoms with E-state index >= 15 is 0 Å². The lowest BCUT2D eigenvalue weighted by atomic mass is 10.2. The Labute approximate surface area is 160 Å². The lowest BCUT2D eigenvalue weighted by Crippen LogP contribution is -2.30. The molecule has 0 saturated heterocycles. The molecule has 0 aliphatic heterocycles. The smallest absolute Gasteiger partial charge is 0.325 e. The number of thioether (sulfide) groups is 1. The third-order valence-electron chi connectivity index (χ3n) is 3.22. The molecule has 2 aromatic carbocycles. The van der Waals surface area contributed by atoms with Gasteiger partial charge in [-0.05, 0) is 30.3 Å². The van der Waals surface area contributed by atoms with Crippen LogP contribution in [0.1, 0.15) is 10.4 Å². The first-order valence-electron chi connectivity index (χ1n) is 7.62. The lowest BCUT2D eigenvalue weighted by molar-refractivity contribution is -0.139. The van der Waals surface area contributed by atoms with Gasteiger partial charge in [-0.1, -0.05) is 29.8 Å². The number of halogens is 1. The highest BCUT2D eigenvalue weighted by molar-refractivity contribution is 8.00. The zero-order valence-electron chi connectivity index (χ0n) is 14.0. The molecule has 8 heteroatoms. The molecule has 26 heavy (non-hydrogen) atoms. The molecule has 0 aliphatic carbocycles. The van der Waals surface area contributed by atoms with Crippen LogP contribution in [0.3, 0.4) is 0 Å². The molecule has 0 saturated carbocycles. The van der Waals surface area contributed by atoms with E-state index in [0.717, 1.165) is 4.90 Å². The molecule has 0 aliphatic rings. The molecule has 2 amide bonds. The number of amides is 2. The summed E-state index contributed by atoms with van der Waals surface area (Å²) in [6, 6.07) is 13.7. The predicted octanol–water partition coefficient (Wildman–Crippen LogP) is 2.97. The number of hydrogen-bond donors (Lipinski definition) is 2. The van der Waals surface area contributed by atoms with Crippen molar-refractivity contribution in [2.75, 3.05) is 24.7 Å². The van der Waals surface area contributed by atoms with E-state index in [1.165, 1.54) is 24.9 Å². The maximum absolute atomic E-state index is 12.1. The number of carbonyl (C=O) groups is 3. The SMILES string of the molecule is COC(=O)CNC(=O)c1cccc(NC(=O)CSc2ccccc2Cl)c1. The van der Waals surface area contributed by atoms with Crippen LogP contribution in [0.5, 0.6) is 0 Å². The molecule has 0 bridgehead atoms. The number of ether oxygens (including phenoxy) is 1. The van der Waals surface area contributed by atoms with Crippen molar-refractivity contribution in [3.05, 3.63) is 59.1 Å². The number of benzene rings is 2.